The van der Waals surface area contributed by atoms with Gasteiger partial charge in [0.1, 0.15) is 35.0 Å². The summed E-state index contributed by atoms with van der Waals surface area (Å²) in [6, 6.07) is 25.5. The molecule has 10 nitrogen and oxygen atoms in total. The zero-order valence-corrected chi connectivity index (χ0v) is 29.8. The van der Waals surface area contributed by atoms with E-state index in [2.05, 4.69) is 6.58 Å². The molecule has 0 aliphatic heterocycles. The van der Waals surface area contributed by atoms with E-state index < -0.39 is 11.9 Å². The summed E-state index contributed by atoms with van der Waals surface area (Å²) in [6.45, 7) is 7.48. The van der Waals surface area contributed by atoms with Crippen molar-refractivity contribution in [1.29, 1.82) is 0 Å². The number of hydrogen-bond donors (Lipinski definition) is 0. The second kappa shape index (κ2) is 23.1. The third-order valence-electron chi connectivity index (χ3n) is 7.73. The Labute approximate surface area is 305 Å². The predicted octanol–water partition coefficient (Wildman–Crippen LogP) is 9.56. The fraction of sp³-hybridized carbons (Fsp3) is 0.333. The summed E-state index contributed by atoms with van der Waals surface area (Å²) < 4.78 is 33.8. The summed E-state index contributed by atoms with van der Waals surface area (Å²) in [5.41, 5.74) is 0.424. The molecular formula is C42H48O10. The van der Waals surface area contributed by atoms with Crippen LogP contribution in [0.25, 0.3) is 10.8 Å². The lowest BCUT2D eigenvalue weighted by Gasteiger charge is -2.11. The molecule has 4 rings (SSSR count). The van der Waals surface area contributed by atoms with Crippen LogP contribution in [0.2, 0.25) is 0 Å². The number of benzene rings is 4. The maximum atomic E-state index is 12.8. The first-order valence-corrected chi connectivity index (χ1v) is 17.7. The Kier molecular flexibility index (Phi) is 17.4. The number of unbranched alkanes of at least 4 members (excludes halogenated alkanes) is 6. The average Bonchev–Trinajstić information content (AvgIpc) is 3.17. The van der Waals surface area contributed by atoms with E-state index in [1.807, 2.05) is 61.5 Å². The van der Waals surface area contributed by atoms with Crippen molar-refractivity contribution in [3.8, 4) is 28.7 Å². The highest BCUT2D eigenvalue weighted by atomic mass is 17.2. The lowest BCUT2D eigenvalue weighted by molar-refractivity contribution is -0.249. The quantitative estimate of drug-likeness (QED) is 0.00964. The van der Waals surface area contributed by atoms with E-state index in [9.17, 15) is 9.59 Å². The normalized spacial score (nSPS) is 10.9. The van der Waals surface area contributed by atoms with Gasteiger partial charge in [0.2, 0.25) is 6.79 Å². The molecule has 0 unspecified atom stereocenters. The molecule has 0 atom stereocenters. The van der Waals surface area contributed by atoms with Crippen molar-refractivity contribution in [2.45, 2.75) is 58.3 Å². The number of hydrogen-bond acceptors (Lipinski definition) is 10. The molecule has 276 valence electrons. The Morgan fingerprint density at radius 1 is 0.577 bits per heavy atom. The molecule has 0 radical (unpaired) electrons. The fourth-order valence-corrected chi connectivity index (χ4v) is 4.93. The zero-order valence-electron chi connectivity index (χ0n) is 29.8. The number of ether oxygens (including phenoxy) is 6. The van der Waals surface area contributed by atoms with Crippen LogP contribution in [-0.2, 0) is 19.3 Å². The van der Waals surface area contributed by atoms with Crippen LogP contribution in [0.15, 0.2) is 110 Å². The van der Waals surface area contributed by atoms with E-state index in [0.29, 0.717) is 55.0 Å². The molecule has 52 heavy (non-hydrogen) atoms. The van der Waals surface area contributed by atoms with Crippen LogP contribution in [0.5, 0.6) is 28.7 Å². The number of fused-ring (bicyclic) bond motifs is 1. The van der Waals surface area contributed by atoms with E-state index in [-0.39, 0.29) is 6.79 Å². The minimum atomic E-state index is -0.455. The van der Waals surface area contributed by atoms with Crippen LogP contribution in [0.1, 0.15) is 68.6 Å². The van der Waals surface area contributed by atoms with Crippen molar-refractivity contribution in [3.63, 3.8) is 0 Å². The molecule has 0 saturated carbocycles. The van der Waals surface area contributed by atoms with Gasteiger partial charge in [-0.15, -0.1) is 0 Å². The van der Waals surface area contributed by atoms with Gasteiger partial charge in [-0.3, -0.25) is 0 Å². The van der Waals surface area contributed by atoms with Crippen LogP contribution in [0, 0.1) is 0 Å². The fourth-order valence-electron chi connectivity index (χ4n) is 4.93. The largest absolute Gasteiger partial charge is 0.494 e. The van der Waals surface area contributed by atoms with Gasteiger partial charge in [0.05, 0.1) is 32.0 Å². The van der Waals surface area contributed by atoms with Crippen LogP contribution >= 0.6 is 0 Å². The van der Waals surface area contributed by atoms with E-state index in [1.54, 1.807) is 36.4 Å². The Balaban J connectivity index is 1.11. The van der Waals surface area contributed by atoms with Gasteiger partial charge >= 0.3 is 11.9 Å². The van der Waals surface area contributed by atoms with Gasteiger partial charge in [-0.1, -0.05) is 25.1 Å². The third-order valence-corrected chi connectivity index (χ3v) is 7.73. The van der Waals surface area contributed by atoms with E-state index in [0.717, 1.165) is 74.0 Å². The monoisotopic (exact) mass is 712 g/mol. The SMILES string of the molecule is C=CC(=O)OCCCCCCOc1ccc(C(=O)Oc2ccc3cc(OCOc4ccc(OCCCCCCOOC=CC)cc4)ccc3c2)cc1. The van der Waals surface area contributed by atoms with Gasteiger partial charge < -0.3 is 33.3 Å². The number of carbonyl (C=O) groups is 2. The highest BCUT2D eigenvalue weighted by molar-refractivity contribution is 5.92. The molecule has 0 heterocycles. The van der Waals surface area contributed by atoms with E-state index in [4.69, 9.17) is 38.2 Å². The Hall–Kier alpha value is -5.48. The minimum Gasteiger partial charge on any atom is -0.494 e. The van der Waals surface area contributed by atoms with Crippen molar-refractivity contribution >= 4 is 22.7 Å². The number of carbonyl (C=O) groups excluding carboxylic acids is 2. The van der Waals surface area contributed by atoms with E-state index in [1.165, 1.54) is 6.26 Å². The zero-order chi connectivity index (χ0) is 36.6. The van der Waals surface area contributed by atoms with Crippen molar-refractivity contribution in [1.82, 2.24) is 0 Å². The van der Waals surface area contributed by atoms with Crippen LogP contribution < -0.4 is 23.7 Å². The van der Waals surface area contributed by atoms with Crippen molar-refractivity contribution in [2.24, 2.45) is 0 Å². The molecule has 0 bridgehead atoms. The van der Waals surface area contributed by atoms with E-state index >= 15 is 0 Å². The van der Waals surface area contributed by atoms with Crippen molar-refractivity contribution in [2.75, 3.05) is 33.2 Å². The highest BCUT2D eigenvalue weighted by Crippen LogP contribution is 2.26. The lowest BCUT2D eigenvalue weighted by atomic mass is 10.1. The first kappa shape index (κ1) is 39.3. The Bertz CT molecular complexity index is 1680. The van der Waals surface area contributed by atoms with Gasteiger partial charge in [0.15, 0.2) is 0 Å². The molecule has 0 aromatic heterocycles. The van der Waals surface area contributed by atoms with Gasteiger partial charge in [0, 0.05) is 6.08 Å². The van der Waals surface area contributed by atoms with Gasteiger partial charge in [-0.25, -0.2) is 9.59 Å². The maximum absolute atomic E-state index is 12.8. The second-order valence-corrected chi connectivity index (χ2v) is 11.7. The Morgan fingerprint density at radius 3 is 1.69 bits per heavy atom. The van der Waals surface area contributed by atoms with Crippen molar-refractivity contribution in [3.05, 3.63) is 115 Å². The van der Waals surface area contributed by atoms with Gasteiger partial charge in [-0.05, 0) is 142 Å². The second-order valence-electron chi connectivity index (χ2n) is 11.7. The molecule has 0 N–H and O–H groups in total. The minimum absolute atomic E-state index is 0.0469. The summed E-state index contributed by atoms with van der Waals surface area (Å²) >= 11 is 0. The summed E-state index contributed by atoms with van der Waals surface area (Å²) in [5.74, 6) is 2.40. The molecule has 0 amide bonds. The number of allylic oxidation sites excluding steroid dienone is 1. The van der Waals surface area contributed by atoms with Crippen molar-refractivity contribution < 1.29 is 47.8 Å². The van der Waals surface area contributed by atoms with Crippen LogP contribution in [0.3, 0.4) is 0 Å². The smallest absolute Gasteiger partial charge is 0.343 e. The van der Waals surface area contributed by atoms with Crippen LogP contribution in [0.4, 0.5) is 0 Å². The highest BCUT2D eigenvalue weighted by Gasteiger charge is 2.10. The molecule has 0 saturated heterocycles. The number of rotatable bonds is 25. The molecule has 0 aliphatic carbocycles. The molecule has 10 heteroatoms. The summed E-state index contributed by atoms with van der Waals surface area (Å²) in [7, 11) is 0. The summed E-state index contributed by atoms with van der Waals surface area (Å²) in [5, 5.41) is 1.84. The average molecular weight is 713 g/mol. The van der Waals surface area contributed by atoms with Gasteiger partial charge in [-0.2, -0.15) is 4.89 Å². The van der Waals surface area contributed by atoms with Gasteiger partial charge in [0.25, 0.3) is 0 Å². The first-order chi connectivity index (χ1) is 25.5. The Morgan fingerprint density at radius 2 is 1.08 bits per heavy atom. The van der Waals surface area contributed by atoms with Crippen LogP contribution in [-0.4, -0.2) is 45.2 Å². The molecule has 0 aliphatic rings. The molecule has 0 spiro atoms. The third kappa shape index (κ3) is 14.8. The predicted molar refractivity (Wildman–Crippen MR) is 199 cm³/mol. The standard InChI is InChI=1S/C42H48O10/c1-3-25-50-51-29-12-8-7-10-27-46-37-21-23-38(24-22-37)48-32-49-39-19-15-35-31-40(20-16-34(35)30-39)52-42(44)33-13-17-36(18-14-33)45-26-9-5-6-11-28-47-41(43)4-2/h3-4,13-25,30-31H,2,5-12,26-29,32H2,1H3. The molecule has 0 fully saturated rings. The number of esters is 2. The summed E-state index contributed by atoms with van der Waals surface area (Å²) in [4.78, 5) is 33.7. The lowest BCUT2D eigenvalue weighted by Crippen LogP contribution is -2.08. The molecular weight excluding hydrogens is 664 g/mol. The summed E-state index contributed by atoms with van der Waals surface area (Å²) in [6.07, 6.45) is 12.1. The molecule has 4 aromatic carbocycles. The molecule has 4 aromatic rings. The maximum Gasteiger partial charge on any atom is 0.343 e. The topological polar surface area (TPSA) is 108 Å². The first-order valence-electron chi connectivity index (χ1n) is 17.7.